The molecule has 1 aliphatic heterocycles. The number of benzene rings is 3. The lowest BCUT2D eigenvalue weighted by molar-refractivity contribution is -0.137. The van der Waals surface area contributed by atoms with Gasteiger partial charge in [0, 0.05) is 12.2 Å². The quantitative estimate of drug-likeness (QED) is 0.265. The first-order chi connectivity index (χ1) is 18.6. The van der Waals surface area contributed by atoms with Gasteiger partial charge in [-0.15, -0.1) is 0 Å². The van der Waals surface area contributed by atoms with E-state index in [0.29, 0.717) is 23.6 Å². The van der Waals surface area contributed by atoms with E-state index in [4.69, 9.17) is 17.0 Å². The van der Waals surface area contributed by atoms with E-state index in [1.807, 2.05) is 6.92 Å². The maximum absolute atomic E-state index is 14.3. The lowest BCUT2D eigenvalue weighted by atomic mass is 10.1. The smallest absolute Gasteiger partial charge is 0.416 e. The average Bonchev–Trinajstić information content (AvgIpc) is 3.12. The van der Waals surface area contributed by atoms with Crippen LogP contribution in [0.2, 0.25) is 0 Å². The number of carbonyl (C=O) groups excluding carboxylic acids is 2. The number of ether oxygens (including phenoxy) is 1. The number of thiocarbonyl (C=S) groups is 1. The Morgan fingerprint density at radius 2 is 1.77 bits per heavy atom. The number of anilines is 2. The van der Waals surface area contributed by atoms with E-state index in [-0.39, 0.29) is 30.2 Å². The fourth-order valence-corrected chi connectivity index (χ4v) is 4.69. The number of rotatable bonds is 9. The van der Waals surface area contributed by atoms with Crippen LogP contribution in [0, 0.1) is 5.82 Å². The fourth-order valence-electron chi connectivity index (χ4n) is 4.28. The minimum Gasteiger partial charge on any atom is -0.494 e. The molecule has 39 heavy (non-hydrogen) atoms. The summed E-state index contributed by atoms with van der Waals surface area (Å²) in [6.45, 7) is 2.40. The van der Waals surface area contributed by atoms with Crippen molar-refractivity contribution in [1.29, 1.82) is 0 Å². The largest absolute Gasteiger partial charge is 0.494 e. The summed E-state index contributed by atoms with van der Waals surface area (Å²) in [6, 6.07) is 15.9. The zero-order valence-corrected chi connectivity index (χ0v) is 21.7. The molecule has 0 radical (unpaired) electrons. The van der Waals surface area contributed by atoms with Crippen molar-refractivity contribution < 1.29 is 31.9 Å². The first kappa shape index (κ1) is 28.0. The maximum Gasteiger partial charge on any atom is 0.416 e. The molecule has 204 valence electrons. The third kappa shape index (κ3) is 6.54. The first-order valence-electron chi connectivity index (χ1n) is 12.2. The number of amides is 2. The van der Waals surface area contributed by atoms with E-state index in [1.54, 1.807) is 42.5 Å². The summed E-state index contributed by atoms with van der Waals surface area (Å²) in [7, 11) is 0. The highest BCUT2D eigenvalue weighted by molar-refractivity contribution is 7.80. The predicted molar refractivity (Wildman–Crippen MR) is 143 cm³/mol. The second kappa shape index (κ2) is 11.8. The van der Waals surface area contributed by atoms with Crippen LogP contribution in [0.25, 0.3) is 0 Å². The summed E-state index contributed by atoms with van der Waals surface area (Å²) in [5.41, 5.74) is -0.151. The minimum absolute atomic E-state index is 0.0606. The predicted octanol–water partition coefficient (Wildman–Crippen LogP) is 5.82. The Labute approximate surface area is 228 Å². The molecule has 1 saturated heterocycles. The van der Waals surface area contributed by atoms with Crippen LogP contribution in [-0.4, -0.2) is 41.0 Å². The highest BCUT2D eigenvalue weighted by atomic mass is 32.1. The van der Waals surface area contributed by atoms with Crippen molar-refractivity contribution in [2.24, 2.45) is 0 Å². The third-order valence-corrected chi connectivity index (χ3v) is 6.58. The Morgan fingerprint density at radius 3 is 2.44 bits per heavy atom. The lowest BCUT2D eigenvalue weighted by Gasteiger charge is -2.24. The molecule has 1 unspecified atom stereocenters. The Balaban J connectivity index is 1.58. The highest BCUT2D eigenvalue weighted by Crippen LogP contribution is 2.34. The molecule has 11 heteroatoms. The summed E-state index contributed by atoms with van der Waals surface area (Å²) in [6.07, 6.45) is -4.78. The highest BCUT2D eigenvalue weighted by Gasteiger charge is 2.44. The van der Waals surface area contributed by atoms with Gasteiger partial charge in [0.05, 0.1) is 24.3 Å². The van der Waals surface area contributed by atoms with Crippen LogP contribution in [0.5, 0.6) is 5.75 Å². The van der Waals surface area contributed by atoms with Gasteiger partial charge in [0.15, 0.2) is 5.11 Å². The number of nitrogens with zero attached hydrogens (tertiary/aromatic N) is 2. The standard InChI is InChI=1S/C28H25F4N3O3S/c1-2-38-22-12-10-20(11-13-22)33-25(36)17-24-26(37)35(21-8-5-7-19(16-21)28(30,31)32)27(39)34(24)15-14-18-6-3-4-9-23(18)29/h3-13,16,24H,2,14-15,17H2,1H3,(H,33,36). The molecule has 3 aromatic carbocycles. The van der Waals surface area contributed by atoms with Crippen LogP contribution in [0.15, 0.2) is 72.8 Å². The second-order valence-electron chi connectivity index (χ2n) is 8.76. The molecular weight excluding hydrogens is 534 g/mol. The molecule has 1 atom stereocenters. The SMILES string of the molecule is CCOc1ccc(NC(=O)CC2C(=O)N(c3cccc(C(F)(F)F)c3)C(=S)N2CCc2ccccc2F)cc1. The molecule has 2 amide bonds. The molecule has 4 rings (SSSR count). The summed E-state index contributed by atoms with van der Waals surface area (Å²) < 4.78 is 59.7. The summed E-state index contributed by atoms with van der Waals surface area (Å²) in [5, 5.41) is 2.66. The van der Waals surface area contributed by atoms with Gasteiger partial charge in [0.1, 0.15) is 17.6 Å². The number of hydrogen-bond acceptors (Lipinski definition) is 4. The van der Waals surface area contributed by atoms with Crippen molar-refractivity contribution in [2.45, 2.75) is 32.0 Å². The van der Waals surface area contributed by atoms with Crippen LogP contribution in [-0.2, 0) is 22.2 Å². The van der Waals surface area contributed by atoms with Gasteiger partial charge in [-0.05, 0) is 79.7 Å². The first-order valence-corrected chi connectivity index (χ1v) is 12.6. The molecule has 0 bridgehead atoms. The van der Waals surface area contributed by atoms with E-state index < -0.39 is 35.4 Å². The van der Waals surface area contributed by atoms with Crippen molar-refractivity contribution in [3.63, 3.8) is 0 Å². The van der Waals surface area contributed by atoms with Crippen molar-refractivity contribution in [3.05, 3.63) is 89.7 Å². The van der Waals surface area contributed by atoms with E-state index in [2.05, 4.69) is 5.32 Å². The molecule has 1 N–H and O–H groups in total. The zero-order chi connectivity index (χ0) is 28.2. The molecule has 3 aromatic rings. The van der Waals surface area contributed by atoms with Crippen LogP contribution in [0.3, 0.4) is 0 Å². The van der Waals surface area contributed by atoms with Crippen molar-refractivity contribution in [3.8, 4) is 5.75 Å². The van der Waals surface area contributed by atoms with Crippen molar-refractivity contribution >= 4 is 40.5 Å². The van der Waals surface area contributed by atoms with E-state index in [9.17, 15) is 27.2 Å². The molecule has 1 aliphatic rings. The maximum atomic E-state index is 14.3. The van der Waals surface area contributed by atoms with Gasteiger partial charge >= 0.3 is 6.18 Å². The minimum atomic E-state index is -4.62. The summed E-state index contributed by atoms with van der Waals surface area (Å²) >= 11 is 5.52. The summed E-state index contributed by atoms with van der Waals surface area (Å²) in [5.74, 6) is -0.951. The van der Waals surface area contributed by atoms with E-state index in [0.717, 1.165) is 17.0 Å². The fraction of sp³-hybridized carbons (Fsp3) is 0.250. The number of alkyl halides is 3. The molecule has 1 fully saturated rings. The van der Waals surface area contributed by atoms with Gasteiger partial charge in [0.2, 0.25) is 5.91 Å². The van der Waals surface area contributed by atoms with Gasteiger partial charge in [-0.25, -0.2) is 4.39 Å². The zero-order valence-electron chi connectivity index (χ0n) is 20.9. The van der Waals surface area contributed by atoms with Crippen LogP contribution < -0.4 is 15.0 Å². The van der Waals surface area contributed by atoms with E-state index in [1.165, 1.54) is 23.1 Å². The second-order valence-corrected chi connectivity index (χ2v) is 9.13. The van der Waals surface area contributed by atoms with Crippen molar-refractivity contribution in [2.75, 3.05) is 23.4 Å². The van der Waals surface area contributed by atoms with E-state index >= 15 is 0 Å². The van der Waals surface area contributed by atoms with Crippen LogP contribution >= 0.6 is 12.2 Å². The normalized spacial score (nSPS) is 15.6. The molecule has 1 heterocycles. The topological polar surface area (TPSA) is 61.9 Å². The molecular formula is C28H25F4N3O3S. The van der Waals surface area contributed by atoms with Gasteiger partial charge < -0.3 is 15.0 Å². The Kier molecular flexibility index (Phi) is 8.49. The third-order valence-electron chi connectivity index (χ3n) is 6.16. The Morgan fingerprint density at radius 1 is 1.05 bits per heavy atom. The monoisotopic (exact) mass is 559 g/mol. The molecule has 6 nitrogen and oxygen atoms in total. The molecule has 0 aliphatic carbocycles. The molecule has 0 spiro atoms. The van der Waals surface area contributed by atoms with Crippen LogP contribution in [0.1, 0.15) is 24.5 Å². The number of hydrogen-bond donors (Lipinski definition) is 1. The number of carbonyl (C=O) groups is 2. The van der Waals surface area contributed by atoms with Gasteiger partial charge in [-0.1, -0.05) is 24.3 Å². The molecule has 0 aromatic heterocycles. The number of halogens is 4. The van der Waals surface area contributed by atoms with Gasteiger partial charge in [-0.2, -0.15) is 13.2 Å². The van der Waals surface area contributed by atoms with Crippen LogP contribution in [0.4, 0.5) is 28.9 Å². The lowest BCUT2D eigenvalue weighted by Crippen LogP contribution is -2.39. The average molecular weight is 560 g/mol. The van der Waals surface area contributed by atoms with Crippen molar-refractivity contribution in [1.82, 2.24) is 4.90 Å². The Bertz CT molecular complexity index is 1360. The number of nitrogens with one attached hydrogen (secondary N) is 1. The Hall–Kier alpha value is -3.99. The summed E-state index contributed by atoms with van der Waals surface area (Å²) in [4.78, 5) is 28.9. The van der Waals surface area contributed by atoms with Gasteiger partial charge in [-0.3, -0.25) is 14.5 Å². The van der Waals surface area contributed by atoms with Gasteiger partial charge in [0.25, 0.3) is 5.91 Å². The molecule has 0 saturated carbocycles.